The van der Waals surface area contributed by atoms with Crippen LogP contribution in [0.4, 0.5) is 0 Å². The molecule has 0 aromatic rings. The molecule has 2 fully saturated rings. The predicted molar refractivity (Wildman–Crippen MR) is 74.6 cm³/mol. The zero-order valence-corrected chi connectivity index (χ0v) is 12.0. The fraction of sp³-hybridized carbons (Fsp3) is 1.00. The molecule has 0 aromatic heterocycles. The van der Waals surface area contributed by atoms with E-state index in [1.807, 2.05) is 7.11 Å². The smallest absolute Gasteiger partial charge is 0.0777 e. The number of nitrogens with zero attached hydrogens (tertiary/aromatic N) is 1. The zero-order chi connectivity index (χ0) is 12.4. The van der Waals surface area contributed by atoms with Crippen molar-refractivity contribution in [3.63, 3.8) is 0 Å². The lowest BCUT2D eigenvalue weighted by Crippen LogP contribution is -2.62. The molecule has 0 aliphatic carbocycles. The van der Waals surface area contributed by atoms with E-state index < -0.39 is 0 Å². The fourth-order valence-corrected chi connectivity index (χ4v) is 4.43. The lowest BCUT2D eigenvalue weighted by atomic mass is 9.84. The molecule has 0 saturated carbocycles. The lowest BCUT2D eigenvalue weighted by molar-refractivity contribution is -0.0817. The van der Waals surface area contributed by atoms with Crippen molar-refractivity contribution in [2.45, 2.75) is 43.7 Å². The summed E-state index contributed by atoms with van der Waals surface area (Å²) in [6.07, 6.45) is 4.90. The molecule has 2 rings (SSSR count). The van der Waals surface area contributed by atoms with Gasteiger partial charge in [-0.05, 0) is 50.7 Å². The summed E-state index contributed by atoms with van der Waals surface area (Å²) in [5.41, 5.74) is 6.40. The van der Waals surface area contributed by atoms with Crippen molar-refractivity contribution in [3.05, 3.63) is 0 Å². The second-order valence-corrected chi connectivity index (χ2v) is 6.94. The Balaban J connectivity index is 2.08. The van der Waals surface area contributed by atoms with Gasteiger partial charge in [0.1, 0.15) is 0 Å². The molecule has 100 valence electrons. The summed E-state index contributed by atoms with van der Waals surface area (Å²) < 4.78 is 5.70. The molecule has 4 heteroatoms. The minimum atomic E-state index is 0.0327. The Morgan fingerprint density at radius 1 is 1.29 bits per heavy atom. The van der Waals surface area contributed by atoms with Crippen LogP contribution in [0.2, 0.25) is 0 Å². The van der Waals surface area contributed by atoms with Crippen LogP contribution in [-0.2, 0) is 4.74 Å². The molecule has 1 unspecified atom stereocenters. The van der Waals surface area contributed by atoms with E-state index in [2.05, 4.69) is 23.6 Å². The summed E-state index contributed by atoms with van der Waals surface area (Å²) in [5, 5.41) is 0. The number of thioether (sulfide) groups is 1. The average Bonchev–Trinajstić information content (AvgIpc) is 2.39. The van der Waals surface area contributed by atoms with E-state index in [-0.39, 0.29) is 11.1 Å². The van der Waals surface area contributed by atoms with E-state index in [1.54, 1.807) is 0 Å². The molecule has 2 aliphatic rings. The fourth-order valence-electron chi connectivity index (χ4n) is 3.18. The number of rotatable bonds is 3. The Morgan fingerprint density at radius 2 is 2.00 bits per heavy atom. The van der Waals surface area contributed by atoms with Crippen molar-refractivity contribution in [1.29, 1.82) is 0 Å². The van der Waals surface area contributed by atoms with Crippen LogP contribution < -0.4 is 5.73 Å². The van der Waals surface area contributed by atoms with Crippen molar-refractivity contribution in [2.24, 2.45) is 5.73 Å². The Hall–Kier alpha value is 0.230. The number of ether oxygens (including phenoxy) is 1. The molecule has 2 saturated heterocycles. The molecule has 17 heavy (non-hydrogen) atoms. The van der Waals surface area contributed by atoms with E-state index in [0.717, 1.165) is 13.1 Å². The standard InChI is InChI=1S/C13H26N2OS/c1-12(16-2)4-3-7-15(11-12)13(10-14)5-8-17-9-6-13/h3-11,14H2,1-2H3. The van der Waals surface area contributed by atoms with Gasteiger partial charge in [-0.25, -0.2) is 0 Å². The Labute approximate surface area is 109 Å². The van der Waals surface area contributed by atoms with Crippen LogP contribution in [-0.4, -0.2) is 54.3 Å². The highest BCUT2D eigenvalue weighted by Crippen LogP contribution is 2.36. The van der Waals surface area contributed by atoms with Crippen LogP contribution in [0.3, 0.4) is 0 Å². The molecular formula is C13H26N2OS. The summed E-state index contributed by atoms with van der Waals surface area (Å²) in [5.74, 6) is 2.52. The third-order valence-corrected chi connectivity index (χ3v) is 5.61. The zero-order valence-electron chi connectivity index (χ0n) is 11.2. The highest BCUT2D eigenvalue weighted by atomic mass is 32.2. The maximum atomic E-state index is 6.11. The molecule has 2 N–H and O–H groups in total. The summed E-state index contributed by atoms with van der Waals surface area (Å²) in [4.78, 5) is 2.62. The van der Waals surface area contributed by atoms with Gasteiger partial charge in [-0.15, -0.1) is 0 Å². The van der Waals surface area contributed by atoms with E-state index in [9.17, 15) is 0 Å². The van der Waals surface area contributed by atoms with Gasteiger partial charge in [-0.3, -0.25) is 4.90 Å². The van der Waals surface area contributed by atoms with Crippen molar-refractivity contribution in [3.8, 4) is 0 Å². The van der Waals surface area contributed by atoms with E-state index in [0.29, 0.717) is 0 Å². The molecular weight excluding hydrogens is 232 g/mol. The average molecular weight is 258 g/mol. The molecule has 2 heterocycles. The topological polar surface area (TPSA) is 38.5 Å². The van der Waals surface area contributed by atoms with Gasteiger partial charge in [0.25, 0.3) is 0 Å². The molecule has 0 bridgehead atoms. The third kappa shape index (κ3) is 2.80. The Morgan fingerprint density at radius 3 is 2.59 bits per heavy atom. The van der Waals surface area contributed by atoms with Gasteiger partial charge in [-0.1, -0.05) is 0 Å². The minimum Gasteiger partial charge on any atom is -0.377 e. The van der Waals surface area contributed by atoms with Gasteiger partial charge in [0.15, 0.2) is 0 Å². The van der Waals surface area contributed by atoms with Crippen LogP contribution in [0.1, 0.15) is 32.6 Å². The molecule has 1 atom stereocenters. The van der Waals surface area contributed by atoms with Gasteiger partial charge >= 0.3 is 0 Å². The first-order chi connectivity index (χ1) is 8.14. The molecule has 0 radical (unpaired) electrons. The quantitative estimate of drug-likeness (QED) is 0.836. The van der Waals surface area contributed by atoms with Crippen LogP contribution >= 0.6 is 11.8 Å². The van der Waals surface area contributed by atoms with Crippen molar-refractivity contribution in [2.75, 3.05) is 38.2 Å². The van der Waals surface area contributed by atoms with E-state index >= 15 is 0 Å². The van der Waals surface area contributed by atoms with Crippen LogP contribution in [0.15, 0.2) is 0 Å². The second kappa shape index (κ2) is 5.47. The van der Waals surface area contributed by atoms with Crippen molar-refractivity contribution >= 4 is 11.8 Å². The van der Waals surface area contributed by atoms with Crippen LogP contribution in [0.5, 0.6) is 0 Å². The lowest BCUT2D eigenvalue weighted by Gasteiger charge is -2.51. The number of hydrogen-bond donors (Lipinski definition) is 1. The van der Waals surface area contributed by atoms with Gasteiger partial charge in [0.05, 0.1) is 5.60 Å². The minimum absolute atomic E-state index is 0.0327. The third-order valence-electron chi connectivity index (χ3n) is 4.63. The monoisotopic (exact) mass is 258 g/mol. The molecule has 0 amide bonds. The highest BCUT2D eigenvalue weighted by molar-refractivity contribution is 7.99. The Bertz CT molecular complexity index is 256. The number of piperidine rings is 1. The largest absolute Gasteiger partial charge is 0.377 e. The number of methoxy groups -OCH3 is 1. The van der Waals surface area contributed by atoms with Gasteiger partial charge in [0, 0.05) is 25.7 Å². The highest BCUT2D eigenvalue weighted by Gasteiger charge is 2.42. The van der Waals surface area contributed by atoms with Gasteiger partial charge in [0.2, 0.25) is 0 Å². The van der Waals surface area contributed by atoms with Crippen molar-refractivity contribution < 1.29 is 4.74 Å². The molecule has 0 aromatic carbocycles. The Kier molecular flexibility index (Phi) is 4.40. The normalized spacial score (nSPS) is 34.8. The summed E-state index contributed by atoms with van der Waals surface area (Å²) >= 11 is 2.07. The molecule has 3 nitrogen and oxygen atoms in total. The second-order valence-electron chi connectivity index (χ2n) is 5.72. The first-order valence-corrected chi connectivity index (χ1v) is 7.88. The maximum absolute atomic E-state index is 6.11. The molecule has 0 spiro atoms. The number of likely N-dealkylation sites (tertiary alicyclic amines) is 1. The molecule has 2 aliphatic heterocycles. The number of hydrogen-bond acceptors (Lipinski definition) is 4. The van der Waals surface area contributed by atoms with E-state index in [1.165, 1.54) is 43.7 Å². The first kappa shape index (κ1) is 13.7. The van der Waals surface area contributed by atoms with Crippen LogP contribution in [0, 0.1) is 0 Å². The maximum Gasteiger partial charge on any atom is 0.0777 e. The summed E-state index contributed by atoms with van der Waals surface area (Å²) in [6, 6.07) is 0. The van der Waals surface area contributed by atoms with Crippen molar-refractivity contribution in [1.82, 2.24) is 4.90 Å². The summed E-state index contributed by atoms with van der Waals surface area (Å²) in [7, 11) is 1.84. The van der Waals surface area contributed by atoms with E-state index in [4.69, 9.17) is 10.5 Å². The SMILES string of the molecule is COC1(C)CCCN(C2(CN)CCSCC2)C1. The number of nitrogens with two attached hydrogens (primary N) is 1. The predicted octanol–water partition coefficient (Wildman–Crippen LogP) is 1.71. The van der Waals surface area contributed by atoms with Gasteiger partial charge < -0.3 is 10.5 Å². The summed E-state index contributed by atoms with van der Waals surface area (Å²) in [6.45, 7) is 5.28. The first-order valence-electron chi connectivity index (χ1n) is 6.72. The van der Waals surface area contributed by atoms with Gasteiger partial charge in [-0.2, -0.15) is 11.8 Å². The van der Waals surface area contributed by atoms with Crippen LogP contribution in [0.25, 0.3) is 0 Å².